The number of carbonyl (C=O) groups excluding carboxylic acids is 1. The van der Waals surface area contributed by atoms with Gasteiger partial charge in [-0.25, -0.2) is 10.4 Å². The van der Waals surface area contributed by atoms with Crippen LogP contribution in [0, 0.1) is 5.92 Å². The predicted octanol–water partition coefficient (Wildman–Crippen LogP) is 1.53. The number of nitrogens with zero attached hydrogens (tertiary/aromatic N) is 1. The average molecular weight is 219 g/mol. The third kappa shape index (κ3) is 2.02. The molecule has 4 heteroatoms. The van der Waals surface area contributed by atoms with Crippen molar-refractivity contribution < 1.29 is 4.79 Å². The lowest BCUT2D eigenvalue weighted by molar-refractivity contribution is -0.117. The van der Waals surface area contributed by atoms with Gasteiger partial charge < -0.3 is 5.73 Å². The van der Waals surface area contributed by atoms with Gasteiger partial charge in [0.25, 0.3) is 0 Å². The monoisotopic (exact) mass is 219 g/mol. The molecule has 2 rings (SSSR count). The molecular weight excluding hydrogens is 202 g/mol. The van der Waals surface area contributed by atoms with Crippen LogP contribution in [-0.4, -0.2) is 11.9 Å². The molecule has 1 saturated heterocycles. The van der Waals surface area contributed by atoms with Crippen LogP contribution in [0.25, 0.3) is 0 Å². The Hall–Kier alpha value is -1.55. The maximum absolute atomic E-state index is 11.8. The first-order valence-corrected chi connectivity index (χ1v) is 5.52. The van der Waals surface area contributed by atoms with Gasteiger partial charge in [0.15, 0.2) is 0 Å². The Morgan fingerprint density at radius 3 is 2.81 bits per heavy atom. The summed E-state index contributed by atoms with van der Waals surface area (Å²) in [5.41, 5.74) is 10.4. The van der Waals surface area contributed by atoms with Crippen LogP contribution in [0.15, 0.2) is 24.3 Å². The van der Waals surface area contributed by atoms with E-state index >= 15 is 0 Å². The second-order valence-electron chi connectivity index (χ2n) is 4.51. The second kappa shape index (κ2) is 4.14. The summed E-state index contributed by atoms with van der Waals surface area (Å²) in [6.45, 7) is 4.21. The topological polar surface area (TPSA) is 58.4 Å². The minimum Gasteiger partial charge on any atom is -0.399 e. The van der Waals surface area contributed by atoms with E-state index in [1.807, 2.05) is 18.2 Å². The number of benzene rings is 1. The minimum absolute atomic E-state index is 0.101. The first-order valence-electron chi connectivity index (χ1n) is 5.52. The standard InChI is InChI=1S/C12H17N3O/c1-8(2)11-7-12(16)15(14-11)10-5-3-4-9(13)6-10/h3-6,8,11,14H,7,13H2,1-2H3. The van der Waals surface area contributed by atoms with Crippen molar-refractivity contribution in [1.82, 2.24) is 5.43 Å². The van der Waals surface area contributed by atoms with Crippen molar-refractivity contribution in [2.24, 2.45) is 5.92 Å². The molecule has 1 amide bonds. The summed E-state index contributed by atoms with van der Waals surface area (Å²) in [5, 5.41) is 1.60. The second-order valence-corrected chi connectivity index (χ2v) is 4.51. The van der Waals surface area contributed by atoms with Gasteiger partial charge in [0.05, 0.1) is 5.69 Å². The minimum atomic E-state index is 0.101. The SMILES string of the molecule is CC(C)C1CC(=O)N(c2cccc(N)c2)N1. The maximum Gasteiger partial charge on any atom is 0.243 e. The van der Waals surface area contributed by atoms with Gasteiger partial charge in [-0.3, -0.25) is 4.79 Å². The van der Waals surface area contributed by atoms with E-state index in [0.717, 1.165) is 5.69 Å². The van der Waals surface area contributed by atoms with E-state index in [-0.39, 0.29) is 11.9 Å². The van der Waals surface area contributed by atoms with E-state index in [9.17, 15) is 4.79 Å². The maximum atomic E-state index is 11.8. The van der Waals surface area contributed by atoms with Crippen molar-refractivity contribution in [3.63, 3.8) is 0 Å². The molecule has 1 unspecified atom stereocenters. The van der Waals surface area contributed by atoms with Crippen molar-refractivity contribution in [2.45, 2.75) is 26.3 Å². The van der Waals surface area contributed by atoms with Gasteiger partial charge in [0.2, 0.25) is 5.91 Å². The zero-order valence-corrected chi connectivity index (χ0v) is 9.60. The molecule has 0 aromatic heterocycles. The van der Waals surface area contributed by atoms with Gasteiger partial charge in [-0.05, 0) is 24.1 Å². The van der Waals surface area contributed by atoms with Crippen molar-refractivity contribution in [3.8, 4) is 0 Å². The van der Waals surface area contributed by atoms with Crippen LogP contribution in [0.4, 0.5) is 11.4 Å². The molecule has 0 aliphatic carbocycles. The number of carbonyl (C=O) groups is 1. The molecule has 86 valence electrons. The first-order chi connectivity index (χ1) is 7.58. The summed E-state index contributed by atoms with van der Waals surface area (Å²) in [6.07, 6.45) is 0.548. The van der Waals surface area contributed by atoms with Crippen LogP contribution in [0.5, 0.6) is 0 Å². The number of nitrogens with one attached hydrogen (secondary N) is 1. The number of nitrogens with two attached hydrogens (primary N) is 1. The molecule has 0 bridgehead atoms. The van der Waals surface area contributed by atoms with Crippen LogP contribution in [-0.2, 0) is 4.79 Å². The third-order valence-electron chi connectivity index (χ3n) is 2.87. The molecule has 0 saturated carbocycles. The summed E-state index contributed by atoms with van der Waals surface area (Å²) in [5.74, 6) is 0.541. The van der Waals surface area contributed by atoms with Crippen LogP contribution < -0.4 is 16.2 Å². The molecule has 4 nitrogen and oxygen atoms in total. The average Bonchev–Trinajstić information content (AvgIpc) is 2.60. The van der Waals surface area contributed by atoms with Crippen LogP contribution in [0.3, 0.4) is 0 Å². The predicted molar refractivity (Wildman–Crippen MR) is 64.7 cm³/mol. The molecular formula is C12H17N3O. The fourth-order valence-corrected chi connectivity index (χ4v) is 1.83. The van der Waals surface area contributed by atoms with E-state index in [4.69, 9.17) is 5.73 Å². The summed E-state index contributed by atoms with van der Waals surface area (Å²) < 4.78 is 0. The lowest BCUT2D eigenvalue weighted by atomic mass is 10.0. The number of hydrogen-bond acceptors (Lipinski definition) is 3. The number of rotatable bonds is 2. The van der Waals surface area contributed by atoms with Gasteiger partial charge >= 0.3 is 0 Å². The Balaban J connectivity index is 2.20. The van der Waals surface area contributed by atoms with E-state index in [2.05, 4.69) is 19.3 Å². The van der Waals surface area contributed by atoms with Crippen molar-refractivity contribution >= 4 is 17.3 Å². The van der Waals surface area contributed by atoms with Crippen LogP contribution >= 0.6 is 0 Å². The van der Waals surface area contributed by atoms with E-state index < -0.39 is 0 Å². The largest absolute Gasteiger partial charge is 0.399 e. The van der Waals surface area contributed by atoms with Crippen molar-refractivity contribution in [1.29, 1.82) is 0 Å². The van der Waals surface area contributed by atoms with E-state index in [0.29, 0.717) is 18.0 Å². The van der Waals surface area contributed by atoms with E-state index in [1.165, 1.54) is 0 Å². The normalized spacial score (nSPS) is 20.8. The van der Waals surface area contributed by atoms with E-state index in [1.54, 1.807) is 11.1 Å². The fourth-order valence-electron chi connectivity index (χ4n) is 1.83. The number of nitrogen functional groups attached to an aromatic ring is 1. The first kappa shape index (κ1) is 11.0. The summed E-state index contributed by atoms with van der Waals surface area (Å²) in [4.78, 5) is 11.8. The molecule has 1 aromatic carbocycles. The molecule has 0 spiro atoms. The molecule has 1 aliphatic rings. The van der Waals surface area contributed by atoms with Gasteiger partial charge in [-0.2, -0.15) is 0 Å². The lowest BCUT2D eigenvalue weighted by Crippen LogP contribution is -2.39. The molecule has 0 radical (unpaired) electrons. The van der Waals surface area contributed by atoms with Crippen LogP contribution in [0.2, 0.25) is 0 Å². The third-order valence-corrected chi connectivity index (χ3v) is 2.87. The number of amides is 1. The molecule has 1 atom stereocenters. The fraction of sp³-hybridized carbons (Fsp3) is 0.417. The summed E-state index contributed by atoms with van der Waals surface area (Å²) in [6, 6.07) is 7.55. The highest BCUT2D eigenvalue weighted by Gasteiger charge is 2.31. The number of hydrazine groups is 1. The highest BCUT2D eigenvalue weighted by Crippen LogP contribution is 2.23. The van der Waals surface area contributed by atoms with Gasteiger partial charge in [0.1, 0.15) is 0 Å². The highest BCUT2D eigenvalue weighted by molar-refractivity contribution is 5.95. The molecule has 16 heavy (non-hydrogen) atoms. The number of hydrogen-bond donors (Lipinski definition) is 2. The lowest BCUT2D eigenvalue weighted by Gasteiger charge is -2.20. The quantitative estimate of drug-likeness (QED) is 0.742. The molecule has 1 aromatic rings. The molecule has 1 heterocycles. The zero-order chi connectivity index (χ0) is 11.7. The van der Waals surface area contributed by atoms with Gasteiger partial charge in [-0.15, -0.1) is 0 Å². The van der Waals surface area contributed by atoms with Gasteiger partial charge in [-0.1, -0.05) is 19.9 Å². The van der Waals surface area contributed by atoms with Gasteiger partial charge in [0, 0.05) is 18.2 Å². The highest BCUT2D eigenvalue weighted by atomic mass is 16.2. The Labute approximate surface area is 95.4 Å². The number of anilines is 2. The molecule has 1 fully saturated rings. The Morgan fingerprint density at radius 2 is 2.25 bits per heavy atom. The smallest absolute Gasteiger partial charge is 0.243 e. The Bertz CT molecular complexity index is 403. The molecule has 3 N–H and O–H groups in total. The van der Waals surface area contributed by atoms with Crippen LogP contribution in [0.1, 0.15) is 20.3 Å². The Kier molecular flexibility index (Phi) is 2.83. The molecule has 1 aliphatic heterocycles. The summed E-state index contributed by atoms with van der Waals surface area (Å²) in [7, 11) is 0. The summed E-state index contributed by atoms with van der Waals surface area (Å²) >= 11 is 0. The zero-order valence-electron chi connectivity index (χ0n) is 9.60. The van der Waals surface area contributed by atoms with Crippen molar-refractivity contribution in [3.05, 3.63) is 24.3 Å². The Morgan fingerprint density at radius 1 is 1.50 bits per heavy atom. The van der Waals surface area contributed by atoms with Crippen molar-refractivity contribution in [2.75, 3.05) is 10.7 Å².